The van der Waals surface area contributed by atoms with Crippen molar-refractivity contribution in [3.05, 3.63) is 53.6 Å². The van der Waals surface area contributed by atoms with Crippen LogP contribution in [0.3, 0.4) is 0 Å². The molecule has 7 heteroatoms. The Bertz CT molecular complexity index is 848. The van der Waals surface area contributed by atoms with Gasteiger partial charge in [0.1, 0.15) is 5.75 Å². The van der Waals surface area contributed by atoms with E-state index >= 15 is 0 Å². The summed E-state index contributed by atoms with van der Waals surface area (Å²) >= 11 is 0. The van der Waals surface area contributed by atoms with Gasteiger partial charge < -0.3 is 19.1 Å². The highest BCUT2D eigenvalue weighted by Gasteiger charge is 2.21. The summed E-state index contributed by atoms with van der Waals surface area (Å²) < 4.78 is 15.9. The average molecular weight is 428 g/mol. The van der Waals surface area contributed by atoms with Crippen LogP contribution in [0, 0.1) is 0 Å². The molecule has 0 spiro atoms. The van der Waals surface area contributed by atoms with Gasteiger partial charge >= 0.3 is 0 Å². The van der Waals surface area contributed by atoms with Crippen LogP contribution in [-0.2, 0) is 17.9 Å². The minimum atomic E-state index is 0.143. The fourth-order valence-electron chi connectivity index (χ4n) is 3.75. The molecule has 1 saturated heterocycles. The lowest BCUT2D eigenvalue weighted by Crippen LogP contribution is -2.49. The van der Waals surface area contributed by atoms with Gasteiger partial charge in [-0.05, 0) is 35.4 Å². The Morgan fingerprint density at radius 2 is 1.45 bits per heavy atom. The van der Waals surface area contributed by atoms with Crippen molar-refractivity contribution in [3.8, 4) is 17.2 Å². The van der Waals surface area contributed by atoms with Crippen molar-refractivity contribution in [1.29, 1.82) is 0 Å². The highest BCUT2D eigenvalue weighted by molar-refractivity contribution is 5.78. The maximum absolute atomic E-state index is 12.7. The zero-order valence-electron chi connectivity index (χ0n) is 19.0. The number of methoxy groups -OCH3 is 3. The average Bonchev–Trinajstić information content (AvgIpc) is 2.80. The number of carbonyl (C=O) groups excluding carboxylic acids is 1. The highest BCUT2D eigenvalue weighted by atomic mass is 16.5. The third kappa shape index (κ3) is 6.35. The third-order valence-corrected chi connectivity index (χ3v) is 5.68. The van der Waals surface area contributed by atoms with E-state index in [4.69, 9.17) is 14.2 Å². The van der Waals surface area contributed by atoms with Gasteiger partial charge in [-0.15, -0.1) is 0 Å². The molecule has 168 valence electrons. The predicted molar refractivity (Wildman–Crippen MR) is 121 cm³/mol. The van der Waals surface area contributed by atoms with Crippen molar-refractivity contribution < 1.29 is 19.0 Å². The van der Waals surface area contributed by atoms with Crippen LogP contribution >= 0.6 is 0 Å². The van der Waals surface area contributed by atoms with Crippen molar-refractivity contribution in [2.75, 3.05) is 61.1 Å². The summed E-state index contributed by atoms with van der Waals surface area (Å²) in [6, 6.07) is 13.9. The Morgan fingerprint density at radius 3 is 2.06 bits per heavy atom. The van der Waals surface area contributed by atoms with Crippen LogP contribution in [-0.4, -0.2) is 81.7 Å². The van der Waals surface area contributed by atoms with E-state index in [9.17, 15) is 4.79 Å². The number of hydrogen-bond donors (Lipinski definition) is 0. The summed E-state index contributed by atoms with van der Waals surface area (Å²) in [5, 5.41) is 0. The first-order valence-electron chi connectivity index (χ1n) is 10.5. The molecule has 0 bridgehead atoms. The van der Waals surface area contributed by atoms with Crippen LogP contribution in [0.4, 0.5) is 0 Å². The van der Waals surface area contributed by atoms with Gasteiger partial charge in [0.05, 0.1) is 27.9 Å². The number of rotatable bonds is 9. The largest absolute Gasteiger partial charge is 0.497 e. The minimum absolute atomic E-state index is 0.143. The second-order valence-corrected chi connectivity index (χ2v) is 7.84. The van der Waals surface area contributed by atoms with Gasteiger partial charge in [-0.1, -0.05) is 18.2 Å². The predicted octanol–water partition coefficient (Wildman–Crippen LogP) is 2.49. The SMILES string of the molecule is COc1ccc(CN(C)C(=O)CN2CCN(Cc3ccc(OC)c(OC)c3)CC2)cc1. The van der Waals surface area contributed by atoms with Gasteiger partial charge in [-0.25, -0.2) is 0 Å². The summed E-state index contributed by atoms with van der Waals surface area (Å²) in [7, 11) is 6.81. The molecule has 0 aromatic heterocycles. The van der Waals surface area contributed by atoms with E-state index in [-0.39, 0.29) is 5.91 Å². The number of likely N-dealkylation sites (N-methyl/N-ethyl adjacent to an activating group) is 1. The quantitative estimate of drug-likeness (QED) is 0.613. The summed E-state index contributed by atoms with van der Waals surface area (Å²) in [4.78, 5) is 19.1. The van der Waals surface area contributed by atoms with Crippen molar-refractivity contribution in [1.82, 2.24) is 14.7 Å². The fourth-order valence-corrected chi connectivity index (χ4v) is 3.75. The number of hydrogen-bond acceptors (Lipinski definition) is 6. The van der Waals surface area contributed by atoms with Crippen LogP contribution in [0.2, 0.25) is 0 Å². The van der Waals surface area contributed by atoms with Gasteiger partial charge in [0, 0.05) is 46.3 Å². The number of nitrogens with zero attached hydrogens (tertiary/aromatic N) is 3. The molecular weight excluding hydrogens is 394 g/mol. The smallest absolute Gasteiger partial charge is 0.236 e. The van der Waals surface area contributed by atoms with E-state index in [0.29, 0.717) is 13.1 Å². The molecule has 3 rings (SSSR count). The molecule has 0 atom stereocenters. The molecule has 1 amide bonds. The van der Waals surface area contributed by atoms with Gasteiger partial charge in [0.25, 0.3) is 0 Å². The molecule has 1 fully saturated rings. The molecule has 2 aromatic carbocycles. The van der Waals surface area contributed by atoms with Crippen molar-refractivity contribution in [2.24, 2.45) is 0 Å². The lowest BCUT2D eigenvalue weighted by molar-refractivity contribution is -0.132. The minimum Gasteiger partial charge on any atom is -0.497 e. The maximum Gasteiger partial charge on any atom is 0.236 e. The second kappa shape index (κ2) is 11.0. The van der Waals surface area contributed by atoms with Gasteiger partial charge in [0.2, 0.25) is 5.91 Å². The summed E-state index contributed by atoms with van der Waals surface area (Å²) in [5.74, 6) is 2.46. The first kappa shape index (κ1) is 22.9. The molecule has 0 aliphatic carbocycles. The maximum atomic E-state index is 12.7. The number of amides is 1. The van der Waals surface area contributed by atoms with Crippen LogP contribution in [0.25, 0.3) is 0 Å². The van der Waals surface area contributed by atoms with E-state index in [1.807, 2.05) is 43.4 Å². The lowest BCUT2D eigenvalue weighted by atomic mass is 10.1. The Balaban J connectivity index is 1.44. The Hall–Kier alpha value is -2.77. The van der Waals surface area contributed by atoms with Crippen LogP contribution in [0.15, 0.2) is 42.5 Å². The van der Waals surface area contributed by atoms with E-state index in [1.54, 1.807) is 26.2 Å². The molecule has 0 N–H and O–H groups in total. The van der Waals surface area contributed by atoms with E-state index in [1.165, 1.54) is 5.56 Å². The Kier molecular flexibility index (Phi) is 8.14. The fraction of sp³-hybridized carbons (Fsp3) is 0.458. The Morgan fingerprint density at radius 1 is 0.839 bits per heavy atom. The molecule has 0 radical (unpaired) electrons. The number of ether oxygens (including phenoxy) is 3. The lowest BCUT2D eigenvalue weighted by Gasteiger charge is -2.35. The molecule has 1 aliphatic rings. The van der Waals surface area contributed by atoms with E-state index < -0.39 is 0 Å². The van der Waals surface area contributed by atoms with Gasteiger partial charge in [-0.3, -0.25) is 14.6 Å². The summed E-state index contributed by atoms with van der Waals surface area (Å²) in [5.41, 5.74) is 2.29. The second-order valence-electron chi connectivity index (χ2n) is 7.84. The zero-order chi connectivity index (χ0) is 22.2. The van der Waals surface area contributed by atoms with Crippen molar-refractivity contribution >= 4 is 5.91 Å². The molecule has 0 saturated carbocycles. The number of piperazine rings is 1. The summed E-state index contributed by atoms with van der Waals surface area (Å²) in [6.07, 6.45) is 0. The topological polar surface area (TPSA) is 54.5 Å². The van der Waals surface area contributed by atoms with E-state index in [0.717, 1.165) is 55.5 Å². The molecule has 31 heavy (non-hydrogen) atoms. The summed E-state index contributed by atoms with van der Waals surface area (Å²) in [6.45, 7) is 5.55. The first-order valence-corrected chi connectivity index (χ1v) is 10.5. The van der Waals surface area contributed by atoms with E-state index in [2.05, 4.69) is 15.9 Å². The molecule has 7 nitrogen and oxygen atoms in total. The zero-order valence-corrected chi connectivity index (χ0v) is 19.0. The van der Waals surface area contributed by atoms with Crippen molar-refractivity contribution in [2.45, 2.75) is 13.1 Å². The molecular formula is C24H33N3O4. The standard InChI is InChI=1S/C24H33N3O4/c1-25(16-19-5-8-21(29-2)9-6-19)24(28)18-27-13-11-26(12-14-27)17-20-7-10-22(30-3)23(15-20)31-4/h5-10,15H,11-14,16-18H2,1-4H3. The van der Waals surface area contributed by atoms with Crippen molar-refractivity contribution in [3.63, 3.8) is 0 Å². The highest BCUT2D eigenvalue weighted by Crippen LogP contribution is 2.28. The van der Waals surface area contributed by atoms with Gasteiger partial charge in [-0.2, -0.15) is 0 Å². The molecule has 1 aliphatic heterocycles. The monoisotopic (exact) mass is 427 g/mol. The molecule has 1 heterocycles. The Labute approximate surface area is 185 Å². The number of carbonyl (C=O) groups is 1. The first-order chi connectivity index (χ1) is 15.0. The normalized spacial score (nSPS) is 14.8. The van der Waals surface area contributed by atoms with Crippen LogP contribution < -0.4 is 14.2 Å². The third-order valence-electron chi connectivity index (χ3n) is 5.68. The van der Waals surface area contributed by atoms with Gasteiger partial charge in [0.15, 0.2) is 11.5 Å². The molecule has 0 unspecified atom stereocenters. The number of benzene rings is 2. The molecule has 2 aromatic rings. The van der Waals surface area contributed by atoms with Crippen LogP contribution in [0.5, 0.6) is 17.2 Å². The van der Waals surface area contributed by atoms with Crippen LogP contribution in [0.1, 0.15) is 11.1 Å².